The summed E-state index contributed by atoms with van der Waals surface area (Å²) in [5, 5.41) is 10.6. The van der Waals surface area contributed by atoms with Gasteiger partial charge in [-0.05, 0) is 49.6 Å². The van der Waals surface area contributed by atoms with Gasteiger partial charge in [0.05, 0.1) is 11.5 Å². The zero-order valence-corrected chi connectivity index (χ0v) is 16.6. The molecule has 3 aromatic rings. The Kier molecular flexibility index (Phi) is 4.70. The first-order valence-electron chi connectivity index (χ1n) is 10.0. The molecule has 6 heteroatoms. The molecule has 2 unspecified atom stereocenters. The second-order valence-electron chi connectivity index (χ2n) is 7.66. The largest absolute Gasteiger partial charge is 0.395 e. The number of H-pyrrole nitrogens is 1. The normalized spacial score (nSPS) is 21.2. The van der Waals surface area contributed by atoms with Gasteiger partial charge in [-0.2, -0.15) is 0 Å². The van der Waals surface area contributed by atoms with Crippen molar-refractivity contribution in [3.05, 3.63) is 48.5 Å². The number of aliphatic hydroxyl groups excluding tert-OH is 1. The molecule has 0 spiro atoms. The lowest BCUT2D eigenvalue weighted by Gasteiger charge is -2.38. The van der Waals surface area contributed by atoms with E-state index >= 15 is 0 Å². The van der Waals surface area contributed by atoms with Gasteiger partial charge in [-0.25, -0.2) is 8.51 Å². The van der Waals surface area contributed by atoms with E-state index in [-0.39, 0.29) is 12.6 Å². The van der Waals surface area contributed by atoms with Gasteiger partial charge >= 0.3 is 0 Å². The monoisotopic (exact) mass is 395 g/mol. The van der Waals surface area contributed by atoms with Crippen LogP contribution in [0.1, 0.15) is 19.3 Å². The van der Waals surface area contributed by atoms with Crippen LogP contribution < -0.4 is 4.90 Å². The number of benzene rings is 2. The average Bonchev–Trinajstić information content (AvgIpc) is 3.36. The zero-order valence-electron chi connectivity index (χ0n) is 15.8. The van der Waals surface area contributed by atoms with Gasteiger partial charge in [0.1, 0.15) is 11.0 Å². The Labute approximate surface area is 167 Å². The molecule has 2 N–H and O–H groups in total. The summed E-state index contributed by atoms with van der Waals surface area (Å²) < 4.78 is 15.0. The second kappa shape index (κ2) is 7.35. The summed E-state index contributed by atoms with van der Waals surface area (Å²) in [6.07, 6.45) is 3.33. The summed E-state index contributed by atoms with van der Waals surface area (Å²) in [5.74, 6) is 0. The van der Waals surface area contributed by atoms with Gasteiger partial charge in [-0.15, -0.1) is 0 Å². The van der Waals surface area contributed by atoms with Crippen molar-refractivity contribution >= 4 is 27.6 Å². The second-order valence-corrected chi connectivity index (χ2v) is 9.10. The highest BCUT2D eigenvalue weighted by Crippen LogP contribution is 2.36. The van der Waals surface area contributed by atoms with Gasteiger partial charge < -0.3 is 15.0 Å². The molecule has 28 heavy (non-hydrogen) atoms. The quantitative estimate of drug-likeness (QED) is 0.695. The molecule has 2 aromatic carbocycles. The highest BCUT2D eigenvalue weighted by Gasteiger charge is 2.33. The zero-order chi connectivity index (χ0) is 19.1. The minimum Gasteiger partial charge on any atom is -0.395 e. The van der Waals surface area contributed by atoms with Crippen LogP contribution in [0.3, 0.4) is 0 Å². The van der Waals surface area contributed by atoms with Gasteiger partial charge in [0.2, 0.25) is 0 Å². The first kappa shape index (κ1) is 17.9. The Morgan fingerprint density at radius 3 is 2.61 bits per heavy atom. The fourth-order valence-electron chi connectivity index (χ4n) is 4.24. The van der Waals surface area contributed by atoms with Crippen molar-refractivity contribution in [2.24, 2.45) is 0 Å². The molecule has 2 aliphatic rings. The number of rotatable bonds is 5. The number of aliphatic hydroxyl groups is 1. The van der Waals surface area contributed by atoms with Crippen molar-refractivity contribution in [3.63, 3.8) is 0 Å². The molecule has 0 saturated carbocycles. The number of para-hydroxylation sites is 1. The third-order valence-electron chi connectivity index (χ3n) is 5.95. The van der Waals surface area contributed by atoms with Crippen molar-refractivity contribution in [1.82, 2.24) is 9.29 Å². The van der Waals surface area contributed by atoms with E-state index in [2.05, 4.69) is 40.2 Å². The van der Waals surface area contributed by atoms with Gasteiger partial charge in [0, 0.05) is 53.5 Å². The number of fused-ring (bicyclic) bond motifs is 1. The van der Waals surface area contributed by atoms with E-state index in [4.69, 9.17) is 0 Å². The van der Waals surface area contributed by atoms with Gasteiger partial charge in [0.15, 0.2) is 0 Å². The van der Waals surface area contributed by atoms with Crippen LogP contribution in [0.2, 0.25) is 0 Å². The first-order valence-corrected chi connectivity index (χ1v) is 11.1. The smallest absolute Gasteiger partial charge is 0.127 e. The standard InChI is InChI=1S/C22H25N3O2S/c26-15-17-9-12-25(17)28(27)18-7-8-22(24-10-3-4-11-24)19(14-18)21-13-16-5-1-2-6-20(16)23-21/h1-2,5-8,13-14,17,23,26H,3-4,9-12,15H2. The fraction of sp³-hybridized carbons (Fsp3) is 0.364. The third-order valence-corrected chi connectivity index (χ3v) is 7.51. The van der Waals surface area contributed by atoms with E-state index in [1.165, 1.54) is 23.9 Å². The molecule has 146 valence electrons. The molecule has 0 aliphatic carbocycles. The van der Waals surface area contributed by atoms with Crippen LogP contribution in [-0.4, -0.2) is 50.9 Å². The molecule has 0 radical (unpaired) electrons. The van der Waals surface area contributed by atoms with Crippen molar-refractivity contribution < 1.29 is 9.32 Å². The average molecular weight is 396 g/mol. The SMILES string of the molecule is O=S(c1ccc(N2CCCC2)c(-c2cc3ccccc3[nH]2)c1)N1CCC1CO. The molecular weight excluding hydrogens is 370 g/mol. The Hall–Kier alpha value is -2.15. The van der Waals surface area contributed by atoms with E-state index in [1.54, 1.807) is 0 Å². The van der Waals surface area contributed by atoms with Crippen LogP contribution in [0.15, 0.2) is 53.4 Å². The summed E-state index contributed by atoms with van der Waals surface area (Å²) in [6, 6.07) is 16.6. The maximum atomic E-state index is 13.1. The lowest BCUT2D eigenvalue weighted by atomic mass is 10.1. The minimum atomic E-state index is -1.24. The maximum Gasteiger partial charge on any atom is 0.127 e. The molecule has 5 nitrogen and oxygen atoms in total. The number of aromatic amines is 1. The molecular formula is C22H25N3O2S. The van der Waals surface area contributed by atoms with Crippen molar-refractivity contribution in [3.8, 4) is 11.3 Å². The summed E-state index contributed by atoms with van der Waals surface area (Å²) in [5.41, 5.74) is 4.47. The molecule has 2 atom stereocenters. The van der Waals surface area contributed by atoms with Crippen molar-refractivity contribution in [2.45, 2.75) is 30.2 Å². The first-order chi connectivity index (χ1) is 13.7. The van der Waals surface area contributed by atoms with E-state index in [0.717, 1.165) is 47.7 Å². The van der Waals surface area contributed by atoms with Crippen LogP contribution in [-0.2, 0) is 11.0 Å². The fourth-order valence-corrected chi connectivity index (χ4v) is 5.63. The number of hydrogen-bond donors (Lipinski definition) is 2. The molecule has 3 heterocycles. The van der Waals surface area contributed by atoms with Crippen LogP contribution in [0.4, 0.5) is 5.69 Å². The molecule has 0 bridgehead atoms. The lowest BCUT2D eigenvalue weighted by molar-refractivity contribution is 0.121. The predicted molar refractivity (Wildman–Crippen MR) is 114 cm³/mol. The number of nitrogens with one attached hydrogen (secondary N) is 1. The number of nitrogens with zero attached hydrogens (tertiary/aromatic N) is 2. The predicted octanol–water partition coefficient (Wildman–Crippen LogP) is 3.52. The molecule has 2 aliphatic heterocycles. The molecule has 2 saturated heterocycles. The van der Waals surface area contributed by atoms with Gasteiger partial charge in [-0.3, -0.25) is 0 Å². The van der Waals surface area contributed by atoms with Gasteiger partial charge in [-0.1, -0.05) is 18.2 Å². The van der Waals surface area contributed by atoms with Crippen LogP contribution in [0, 0.1) is 0 Å². The Morgan fingerprint density at radius 1 is 1.07 bits per heavy atom. The molecule has 0 amide bonds. The van der Waals surface area contributed by atoms with Crippen molar-refractivity contribution in [1.29, 1.82) is 0 Å². The summed E-state index contributed by atoms with van der Waals surface area (Å²) in [4.78, 5) is 6.76. The van der Waals surface area contributed by atoms with Crippen LogP contribution in [0.5, 0.6) is 0 Å². The van der Waals surface area contributed by atoms with Crippen LogP contribution in [0.25, 0.3) is 22.2 Å². The number of anilines is 1. The van der Waals surface area contributed by atoms with Crippen molar-refractivity contribution in [2.75, 3.05) is 31.1 Å². The highest BCUT2D eigenvalue weighted by atomic mass is 32.2. The Morgan fingerprint density at radius 2 is 1.89 bits per heavy atom. The molecule has 1 aromatic heterocycles. The van der Waals surface area contributed by atoms with E-state index in [1.807, 2.05) is 22.5 Å². The topological polar surface area (TPSA) is 59.6 Å². The third kappa shape index (κ3) is 3.05. The molecule has 2 fully saturated rings. The van der Waals surface area contributed by atoms with E-state index in [9.17, 15) is 9.32 Å². The lowest BCUT2D eigenvalue weighted by Crippen LogP contribution is -2.50. The van der Waals surface area contributed by atoms with E-state index < -0.39 is 11.0 Å². The van der Waals surface area contributed by atoms with E-state index in [0.29, 0.717) is 0 Å². The highest BCUT2D eigenvalue weighted by molar-refractivity contribution is 7.82. The number of aromatic nitrogens is 1. The minimum absolute atomic E-state index is 0.00983. The van der Waals surface area contributed by atoms with Crippen LogP contribution >= 0.6 is 0 Å². The Balaban J connectivity index is 1.58. The summed E-state index contributed by atoms with van der Waals surface area (Å²) in [6.45, 7) is 2.96. The summed E-state index contributed by atoms with van der Waals surface area (Å²) >= 11 is 0. The Bertz CT molecular complexity index is 991. The summed E-state index contributed by atoms with van der Waals surface area (Å²) in [7, 11) is -1.24. The maximum absolute atomic E-state index is 13.1. The number of hydrogen-bond acceptors (Lipinski definition) is 3. The van der Waals surface area contributed by atoms with Gasteiger partial charge in [0.25, 0.3) is 0 Å². The molecule has 5 rings (SSSR count).